The number of nitrogens with zero attached hydrogens (tertiary/aromatic N) is 1. The smallest absolute Gasteiger partial charge is 0.372 e. The highest BCUT2D eigenvalue weighted by molar-refractivity contribution is 8.00. The molecule has 0 spiro atoms. The number of Topliss-reactive ketones (excluding diaryl/α,β-unsaturated/α-hetero) is 1. The summed E-state index contributed by atoms with van der Waals surface area (Å²) in [6.07, 6.45) is 5.22. The summed E-state index contributed by atoms with van der Waals surface area (Å²) in [7, 11) is 0. The predicted octanol–water partition coefficient (Wildman–Crippen LogP) is 1.57. The molecule has 0 aromatic rings. The molecule has 0 aliphatic heterocycles. The van der Waals surface area contributed by atoms with Gasteiger partial charge in [0.15, 0.2) is 0 Å². The summed E-state index contributed by atoms with van der Waals surface area (Å²) < 4.78 is 5.15. The van der Waals surface area contributed by atoms with Crippen LogP contribution in [0.1, 0.15) is 33.1 Å². The normalized spacial score (nSPS) is 12.9. The van der Waals surface area contributed by atoms with E-state index in [-0.39, 0.29) is 35.9 Å². The number of ether oxygens (including phenoxy) is 1. The lowest BCUT2D eigenvalue weighted by atomic mass is 10.1. The molecule has 0 heterocycles. The third-order valence-electron chi connectivity index (χ3n) is 3.00. The van der Waals surface area contributed by atoms with Gasteiger partial charge in [-0.05, 0) is 45.0 Å². The molecule has 0 unspecified atom stereocenters. The van der Waals surface area contributed by atoms with Crippen molar-refractivity contribution >= 4 is 47.4 Å². The second-order valence-electron chi connectivity index (χ2n) is 5.32. The Balaban J connectivity index is 4.89. The van der Waals surface area contributed by atoms with Gasteiger partial charge in [-0.15, -0.1) is 0 Å². The number of amides is 1. The van der Waals surface area contributed by atoms with Gasteiger partial charge in [-0.1, -0.05) is 0 Å². The maximum atomic E-state index is 12.4. The molecule has 0 aliphatic rings. The van der Waals surface area contributed by atoms with E-state index in [4.69, 9.17) is 10.3 Å². The number of hydrogen-bond acceptors (Lipinski definition) is 7. The minimum atomic E-state index is -0.882. The van der Waals surface area contributed by atoms with E-state index in [1.54, 1.807) is 25.6 Å². The fourth-order valence-electron chi connectivity index (χ4n) is 1.83. The maximum absolute atomic E-state index is 12.4. The van der Waals surface area contributed by atoms with Gasteiger partial charge in [0.25, 0.3) is 0 Å². The van der Waals surface area contributed by atoms with Crippen LogP contribution in [-0.4, -0.2) is 64.3 Å². The molecule has 1 amide bonds. The van der Waals surface area contributed by atoms with Crippen molar-refractivity contribution in [3.8, 4) is 0 Å². The molecule has 0 fully saturated rings. The van der Waals surface area contributed by atoms with Crippen LogP contribution in [0.2, 0.25) is 0 Å². The number of ketones is 1. The third kappa shape index (κ3) is 9.75. The van der Waals surface area contributed by atoms with E-state index < -0.39 is 12.0 Å². The van der Waals surface area contributed by atoms with E-state index in [9.17, 15) is 14.4 Å². The van der Waals surface area contributed by atoms with Gasteiger partial charge in [-0.25, -0.2) is 4.79 Å². The van der Waals surface area contributed by atoms with Gasteiger partial charge in [-0.3, -0.25) is 9.59 Å². The summed E-state index contributed by atoms with van der Waals surface area (Å²) >= 11 is 3.08. The highest BCUT2D eigenvalue weighted by Gasteiger charge is 2.27. The molecule has 0 saturated heterocycles. The Hall–Kier alpha value is -1.31. The number of carbonyl (C=O) groups is 3. The fraction of sp³-hybridized carbons (Fsp3) is 0.733. The van der Waals surface area contributed by atoms with Crippen LogP contribution in [-0.2, 0) is 19.1 Å². The molecular weight excluding hydrogens is 350 g/mol. The van der Waals surface area contributed by atoms with Crippen molar-refractivity contribution in [1.82, 2.24) is 5.32 Å². The first-order valence-electron chi connectivity index (χ1n) is 7.60. The lowest BCUT2D eigenvalue weighted by Gasteiger charge is -2.21. The average Bonchev–Trinajstić information content (AvgIpc) is 2.51. The van der Waals surface area contributed by atoms with E-state index in [0.29, 0.717) is 6.42 Å². The SMILES string of the molecule is CSCC[C@H](SC)C(=O)N[C@@H](CCC(=O)C=[N+]=N)C(=O)OC(C)C. The van der Waals surface area contributed by atoms with Crippen LogP contribution in [0.5, 0.6) is 0 Å². The lowest BCUT2D eigenvalue weighted by molar-refractivity contribution is -0.151. The molecule has 7 nitrogen and oxygen atoms in total. The zero-order chi connectivity index (χ0) is 18.5. The van der Waals surface area contributed by atoms with Gasteiger partial charge < -0.3 is 10.1 Å². The van der Waals surface area contributed by atoms with Gasteiger partial charge in [-0.2, -0.15) is 23.5 Å². The first-order chi connectivity index (χ1) is 11.3. The molecule has 0 aliphatic carbocycles. The minimum Gasteiger partial charge on any atom is -0.461 e. The molecule has 0 aromatic carbocycles. The van der Waals surface area contributed by atoms with Crippen LogP contribution in [0, 0.1) is 5.53 Å². The first-order valence-corrected chi connectivity index (χ1v) is 10.3. The van der Waals surface area contributed by atoms with Crippen LogP contribution < -0.4 is 5.32 Å². The average molecular weight is 377 g/mol. The van der Waals surface area contributed by atoms with Crippen LogP contribution in [0.25, 0.3) is 0 Å². The van der Waals surface area contributed by atoms with Crippen molar-refractivity contribution in [1.29, 1.82) is 5.53 Å². The van der Waals surface area contributed by atoms with Gasteiger partial charge in [0, 0.05) is 6.42 Å². The lowest BCUT2D eigenvalue weighted by Crippen LogP contribution is -2.46. The highest BCUT2D eigenvalue weighted by atomic mass is 32.2. The van der Waals surface area contributed by atoms with E-state index in [2.05, 4.69) is 10.1 Å². The second kappa shape index (κ2) is 13.0. The predicted molar refractivity (Wildman–Crippen MR) is 96.7 cm³/mol. The van der Waals surface area contributed by atoms with Gasteiger partial charge in [0.2, 0.25) is 11.7 Å². The van der Waals surface area contributed by atoms with Crippen molar-refractivity contribution in [3.63, 3.8) is 0 Å². The van der Waals surface area contributed by atoms with Gasteiger partial charge in [0.05, 0.1) is 21.7 Å². The molecular formula is C15H26N3O4S2+. The summed E-state index contributed by atoms with van der Waals surface area (Å²) in [6, 6.07) is -0.882. The molecule has 24 heavy (non-hydrogen) atoms. The molecule has 2 N–H and O–H groups in total. The molecule has 136 valence electrons. The Morgan fingerprint density at radius 1 is 1.25 bits per heavy atom. The molecule has 0 bridgehead atoms. The Morgan fingerprint density at radius 2 is 1.92 bits per heavy atom. The molecule has 9 heteroatoms. The van der Waals surface area contributed by atoms with Crippen LogP contribution in [0.3, 0.4) is 0 Å². The van der Waals surface area contributed by atoms with E-state index >= 15 is 0 Å². The first kappa shape index (κ1) is 22.7. The monoisotopic (exact) mass is 376 g/mol. The summed E-state index contributed by atoms with van der Waals surface area (Å²) in [5.41, 5.74) is 6.64. The van der Waals surface area contributed by atoms with Crippen LogP contribution in [0.15, 0.2) is 0 Å². The fourth-order valence-corrected chi connectivity index (χ4v) is 3.09. The van der Waals surface area contributed by atoms with E-state index in [1.807, 2.05) is 12.5 Å². The number of rotatable bonds is 12. The minimum absolute atomic E-state index is 0.00919. The third-order valence-corrected chi connectivity index (χ3v) is 4.66. The standard InChI is InChI=1S/C15H25N3O4S2/c1-10(2)22-15(21)12(6-5-11(19)9-17-16)18-14(20)13(24-4)7-8-23-3/h9-10,12-13,16H,5-8H2,1-4H3/p+1/t12-,13-/m0/s1. The largest absolute Gasteiger partial charge is 0.461 e. The maximum Gasteiger partial charge on any atom is 0.372 e. The van der Waals surface area contributed by atoms with Gasteiger partial charge >= 0.3 is 12.2 Å². The van der Waals surface area contributed by atoms with E-state index in [1.165, 1.54) is 11.8 Å². The zero-order valence-electron chi connectivity index (χ0n) is 14.5. The number of nitrogens with one attached hydrogen (secondary N) is 2. The number of carbonyl (C=O) groups excluding carboxylic acids is 3. The number of hydrogen-bond donors (Lipinski definition) is 2. The van der Waals surface area contributed by atoms with Crippen LogP contribution in [0.4, 0.5) is 0 Å². The summed E-state index contributed by atoms with van der Waals surface area (Å²) in [4.78, 5) is 38.9. The van der Waals surface area contributed by atoms with Crippen molar-refractivity contribution < 1.29 is 23.9 Å². The Bertz CT molecular complexity index is 479. The van der Waals surface area contributed by atoms with Crippen molar-refractivity contribution in [3.05, 3.63) is 0 Å². The van der Waals surface area contributed by atoms with Crippen molar-refractivity contribution in [2.75, 3.05) is 18.3 Å². The second-order valence-corrected chi connectivity index (χ2v) is 7.34. The quantitative estimate of drug-likeness (QED) is 0.231. The van der Waals surface area contributed by atoms with Gasteiger partial charge in [0.1, 0.15) is 6.04 Å². The summed E-state index contributed by atoms with van der Waals surface area (Å²) in [5, 5.41) is 2.44. The van der Waals surface area contributed by atoms with Crippen LogP contribution >= 0.6 is 23.5 Å². The van der Waals surface area contributed by atoms with Crippen molar-refractivity contribution in [2.45, 2.75) is 50.5 Å². The zero-order valence-corrected chi connectivity index (χ0v) is 16.2. The highest BCUT2D eigenvalue weighted by Crippen LogP contribution is 2.15. The summed E-state index contributed by atoms with van der Waals surface area (Å²) in [6.45, 7) is 3.44. The van der Waals surface area contributed by atoms with Crippen molar-refractivity contribution in [2.24, 2.45) is 0 Å². The van der Waals surface area contributed by atoms with E-state index in [0.717, 1.165) is 12.0 Å². The summed E-state index contributed by atoms with van der Waals surface area (Å²) in [5.74, 6) is -0.314. The molecule has 0 saturated carbocycles. The Labute approximate surface area is 151 Å². The molecule has 2 atom stereocenters. The molecule has 0 rings (SSSR count). The Morgan fingerprint density at radius 3 is 2.42 bits per heavy atom. The molecule has 0 radical (unpaired) electrons. The number of thioether (sulfide) groups is 2. The topological polar surface area (TPSA) is 110 Å². The number of esters is 1. The Kier molecular flexibility index (Phi) is 12.3. The molecule has 0 aromatic heterocycles.